The molecule has 0 unspecified atom stereocenters. The van der Waals surface area contributed by atoms with Crippen molar-refractivity contribution in [2.75, 3.05) is 31.3 Å². The maximum Gasteiger partial charge on any atom is 0.406 e. The molecule has 202 valence electrons. The van der Waals surface area contributed by atoms with Crippen LogP contribution >= 0.6 is 0 Å². The van der Waals surface area contributed by atoms with Gasteiger partial charge >= 0.3 is 6.18 Å². The van der Waals surface area contributed by atoms with Gasteiger partial charge < -0.3 is 25.3 Å². The van der Waals surface area contributed by atoms with E-state index in [1.807, 2.05) is 6.07 Å². The number of rotatable bonds is 7. The van der Waals surface area contributed by atoms with Crippen LogP contribution in [0.3, 0.4) is 0 Å². The summed E-state index contributed by atoms with van der Waals surface area (Å²) in [6.07, 6.45) is 0.000405. The summed E-state index contributed by atoms with van der Waals surface area (Å²) in [6.45, 7) is 1.31. The fourth-order valence-electron chi connectivity index (χ4n) is 4.88. The predicted molar refractivity (Wildman–Crippen MR) is 145 cm³/mol. The lowest BCUT2D eigenvalue weighted by Gasteiger charge is -2.28. The van der Waals surface area contributed by atoms with E-state index in [0.717, 1.165) is 36.8 Å². The molecule has 1 aliphatic rings. The van der Waals surface area contributed by atoms with Crippen LogP contribution in [0.25, 0.3) is 10.9 Å². The van der Waals surface area contributed by atoms with Gasteiger partial charge in [0.15, 0.2) is 0 Å². The highest BCUT2D eigenvalue weighted by molar-refractivity contribution is 5.95. The summed E-state index contributed by atoms with van der Waals surface area (Å²) in [5.41, 5.74) is 2.71. The minimum atomic E-state index is -4.39. The molecule has 6 nitrogen and oxygen atoms in total. The van der Waals surface area contributed by atoms with Crippen LogP contribution in [0.2, 0.25) is 0 Å². The third-order valence-corrected chi connectivity index (χ3v) is 6.93. The summed E-state index contributed by atoms with van der Waals surface area (Å²) in [7, 11) is 3.04. The van der Waals surface area contributed by atoms with Crippen molar-refractivity contribution >= 4 is 28.2 Å². The van der Waals surface area contributed by atoms with Gasteiger partial charge in [0.2, 0.25) is 0 Å². The van der Waals surface area contributed by atoms with E-state index < -0.39 is 12.7 Å². The lowest BCUT2D eigenvalue weighted by atomic mass is 9.87. The maximum absolute atomic E-state index is 13.5. The van der Waals surface area contributed by atoms with Crippen molar-refractivity contribution in [2.24, 2.45) is 5.92 Å². The van der Waals surface area contributed by atoms with E-state index in [0.29, 0.717) is 40.2 Å². The van der Waals surface area contributed by atoms with Crippen molar-refractivity contribution < 1.29 is 22.7 Å². The first-order valence-electron chi connectivity index (χ1n) is 12.8. The number of hydrogen-bond donors (Lipinski definition) is 3. The third kappa shape index (κ3) is 6.55. The minimum absolute atomic E-state index is 0.175. The first-order chi connectivity index (χ1) is 18.2. The van der Waals surface area contributed by atoms with Crippen molar-refractivity contribution in [1.29, 1.82) is 0 Å². The Bertz CT molecular complexity index is 1350. The average Bonchev–Trinajstić information content (AvgIpc) is 3.24. The van der Waals surface area contributed by atoms with E-state index in [1.165, 1.54) is 11.7 Å². The van der Waals surface area contributed by atoms with E-state index >= 15 is 0 Å². The number of aromatic nitrogens is 1. The number of fused-ring (bicyclic) bond motifs is 1. The molecular weight excluding hydrogens is 493 g/mol. The van der Waals surface area contributed by atoms with Gasteiger partial charge in [0.1, 0.15) is 12.3 Å². The monoisotopic (exact) mass is 526 g/mol. The van der Waals surface area contributed by atoms with Gasteiger partial charge in [-0.1, -0.05) is 18.9 Å². The standard InChI is InChI=1S/C29H33F3N4O2/c1-19-9-12-21(13-10-19)35-24-7-4-8-26-23(24)17-22(36(26)18-29(30,31)32)6-5-15-34-25-14-11-20(28(37)33-2)16-27(25)38-3/h4,7-8,11,14,16-17,19,21,34-35H,9-10,12-13,15,18H2,1-3H3,(H,33,37). The summed E-state index contributed by atoms with van der Waals surface area (Å²) >= 11 is 0. The van der Waals surface area contributed by atoms with Crippen LogP contribution in [0.15, 0.2) is 42.5 Å². The summed E-state index contributed by atoms with van der Waals surface area (Å²) in [6, 6.07) is 12.4. The number of nitrogens with one attached hydrogen (secondary N) is 3. The number of nitrogens with zero attached hydrogens (tertiary/aromatic N) is 1. The van der Waals surface area contributed by atoms with Crippen molar-refractivity contribution in [2.45, 2.75) is 51.4 Å². The van der Waals surface area contributed by atoms with Crippen LogP contribution < -0.4 is 20.7 Å². The number of benzene rings is 2. The number of halogens is 3. The fourth-order valence-corrected chi connectivity index (χ4v) is 4.88. The van der Waals surface area contributed by atoms with Crippen molar-refractivity contribution in [3.8, 4) is 17.6 Å². The van der Waals surface area contributed by atoms with Crippen LogP contribution in [-0.4, -0.2) is 43.4 Å². The summed E-state index contributed by atoms with van der Waals surface area (Å²) in [5, 5.41) is 9.98. The SMILES string of the molecule is CNC(=O)c1ccc(NCC#Cc2cc3c(NC4CCC(C)CC4)cccc3n2CC(F)(F)F)c(OC)c1. The largest absolute Gasteiger partial charge is 0.495 e. The van der Waals surface area contributed by atoms with Gasteiger partial charge in [-0.15, -0.1) is 0 Å². The number of hydrogen-bond acceptors (Lipinski definition) is 4. The van der Waals surface area contributed by atoms with Crippen LogP contribution in [0.5, 0.6) is 5.75 Å². The molecule has 1 fully saturated rings. The quantitative estimate of drug-likeness (QED) is 0.329. The number of carbonyl (C=O) groups is 1. The van der Waals surface area contributed by atoms with Gasteiger partial charge in [-0.25, -0.2) is 0 Å². The van der Waals surface area contributed by atoms with Gasteiger partial charge in [-0.05, 0) is 73.9 Å². The van der Waals surface area contributed by atoms with E-state index in [2.05, 4.69) is 34.7 Å². The zero-order chi connectivity index (χ0) is 27.3. The molecule has 0 atom stereocenters. The summed E-state index contributed by atoms with van der Waals surface area (Å²) in [4.78, 5) is 11.9. The molecule has 38 heavy (non-hydrogen) atoms. The summed E-state index contributed by atoms with van der Waals surface area (Å²) < 4.78 is 47.1. The van der Waals surface area contributed by atoms with E-state index in [4.69, 9.17) is 4.74 Å². The molecule has 3 N–H and O–H groups in total. The molecular formula is C29H33F3N4O2. The van der Waals surface area contributed by atoms with E-state index in [-0.39, 0.29) is 12.5 Å². The topological polar surface area (TPSA) is 67.3 Å². The van der Waals surface area contributed by atoms with Crippen molar-refractivity contribution in [3.05, 3.63) is 53.7 Å². The molecule has 0 radical (unpaired) electrons. The number of alkyl halides is 3. The first kappa shape index (κ1) is 27.2. The Labute approximate surface area is 220 Å². The van der Waals surface area contributed by atoms with Crippen LogP contribution in [-0.2, 0) is 6.54 Å². The summed E-state index contributed by atoms with van der Waals surface area (Å²) in [5.74, 6) is 6.80. The van der Waals surface area contributed by atoms with Crippen LogP contribution in [0.4, 0.5) is 24.5 Å². The maximum atomic E-state index is 13.5. The number of amides is 1. The van der Waals surface area contributed by atoms with Gasteiger partial charge in [0.05, 0.1) is 30.6 Å². The second-order valence-corrected chi connectivity index (χ2v) is 9.72. The van der Waals surface area contributed by atoms with Gasteiger partial charge in [0, 0.05) is 29.7 Å². The molecule has 0 spiro atoms. The first-order valence-corrected chi connectivity index (χ1v) is 12.8. The lowest BCUT2D eigenvalue weighted by molar-refractivity contribution is -0.140. The molecule has 0 saturated heterocycles. The molecule has 1 heterocycles. The highest BCUT2D eigenvalue weighted by atomic mass is 19.4. The zero-order valence-corrected chi connectivity index (χ0v) is 21.8. The molecule has 3 aromatic rings. The number of methoxy groups -OCH3 is 1. The van der Waals surface area contributed by atoms with E-state index in [9.17, 15) is 18.0 Å². The Hall–Kier alpha value is -3.80. The number of anilines is 2. The Morgan fingerprint density at radius 3 is 2.55 bits per heavy atom. The van der Waals surface area contributed by atoms with Gasteiger partial charge in [-0.3, -0.25) is 4.79 Å². The third-order valence-electron chi connectivity index (χ3n) is 6.93. The molecule has 1 aliphatic carbocycles. The highest BCUT2D eigenvalue weighted by Gasteiger charge is 2.30. The molecule has 0 aliphatic heterocycles. The Kier molecular flexibility index (Phi) is 8.40. The number of carbonyl (C=O) groups excluding carboxylic acids is 1. The fraction of sp³-hybridized carbons (Fsp3) is 0.414. The average molecular weight is 527 g/mol. The van der Waals surface area contributed by atoms with Crippen molar-refractivity contribution in [1.82, 2.24) is 9.88 Å². The zero-order valence-electron chi connectivity index (χ0n) is 21.8. The molecule has 1 saturated carbocycles. The van der Waals surface area contributed by atoms with E-state index in [1.54, 1.807) is 43.4 Å². The minimum Gasteiger partial charge on any atom is -0.495 e. The molecule has 2 aromatic carbocycles. The Balaban J connectivity index is 1.58. The van der Waals surface area contributed by atoms with Gasteiger partial charge in [-0.2, -0.15) is 13.2 Å². The van der Waals surface area contributed by atoms with Crippen LogP contribution in [0, 0.1) is 17.8 Å². The lowest BCUT2D eigenvalue weighted by Crippen LogP contribution is -2.25. The molecule has 9 heteroatoms. The Morgan fingerprint density at radius 1 is 1.11 bits per heavy atom. The molecule has 1 aromatic heterocycles. The highest BCUT2D eigenvalue weighted by Crippen LogP contribution is 2.33. The van der Waals surface area contributed by atoms with Gasteiger partial charge in [0.25, 0.3) is 5.91 Å². The molecule has 0 bridgehead atoms. The predicted octanol–water partition coefficient (Wildman–Crippen LogP) is 6.03. The second-order valence-electron chi connectivity index (χ2n) is 9.72. The smallest absolute Gasteiger partial charge is 0.406 e. The normalized spacial score (nSPS) is 17.4. The molecule has 1 amide bonds. The number of ether oxygens (including phenoxy) is 1. The van der Waals surface area contributed by atoms with Crippen LogP contribution in [0.1, 0.15) is 48.7 Å². The van der Waals surface area contributed by atoms with Crippen molar-refractivity contribution in [3.63, 3.8) is 0 Å². The molecule has 4 rings (SSSR count). The Morgan fingerprint density at radius 2 is 1.87 bits per heavy atom. The second kappa shape index (κ2) is 11.7.